The fourth-order valence-corrected chi connectivity index (χ4v) is 4.10. The summed E-state index contributed by atoms with van der Waals surface area (Å²) in [5, 5.41) is 6.93. The molecule has 110 valence electrons. The van der Waals surface area contributed by atoms with Gasteiger partial charge < -0.3 is 10.6 Å². The van der Waals surface area contributed by atoms with Crippen molar-refractivity contribution in [2.24, 2.45) is 0 Å². The minimum atomic E-state index is -0.0237. The summed E-state index contributed by atoms with van der Waals surface area (Å²) in [6, 6.07) is 8.78. The van der Waals surface area contributed by atoms with Crippen molar-refractivity contribution in [3.63, 3.8) is 0 Å². The third-order valence-electron chi connectivity index (χ3n) is 3.79. The number of thioether (sulfide) groups is 1. The van der Waals surface area contributed by atoms with Crippen molar-refractivity contribution < 1.29 is 4.79 Å². The zero-order valence-corrected chi connectivity index (χ0v) is 13.1. The van der Waals surface area contributed by atoms with Gasteiger partial charge in [0.2, 0.25) is 5.91 Å². The molecular formula is C16H24N2OS. The number of carbonyl (C=O) groups excluding carboxylic acids is 1. The zero-order valence-electron chi connectivity index (χ0n) is 12.3. The van der Waals surface area contributed by atoms with Gasteiger partial charge in [-0.25, -0.2) is 0 Å². The van der Waals surface area contributed by atoms with Gasteiger partial charge in [-0.2, -0.15) is 0 Å². The minimum Gasteiger partial charge on any atom is -0.326 e. The van der Waals surface area contributed by atoms with Gasteiger partial charge in [0.15, 0.2) is 0 Å². The molecule has 1 aromatic rings. The monoisotopic (exact) mass is 292 g/mol. The van der Waals surface area contributed by atoms with Crippen molar-refractivity contribution in [3.05, 3.63) is 24.3 Å². The fourth-order valence-electron chi connectivity index (χ4n) is 2.74. The van der Waals surface area contributed by atoms with Crippen molar-refractivity contribution in [1.29, 1.82) is 0 Å². The average molecular weight is 292 g/mol. The molecule has 2 rings (SSSR count). The Hall–Kier alpha value is -1.00. The highest BCUT2D eigenvalue weighted by Gasteiger charge is 2.23. The normalized spacial score (nSPS) is 23.1. The Labute approximate surface area is 125 Å². The minimum absolute atomic E-state index is 0.0237. The van der Waals surface area contributed by atoms with Gasteiger partial charge in [0.05, 0.1) is 0 Å². The summed E-state index contributed by atoms with van der Waals surface area (Å²) in [5.41, 5.74) is 0.868. The predicted molar refractivity (Wildman–Crippen MR) is 86.3 cm³/mol. The lowest BCUT2D eigenvalue weighted by molar-refractivity contribution is -0.114. The summed E-state index contributed by atoms with van der Waals surface area (Å²) >= 11 is 1.96. The van der Waals surface area contributed by atoms with Crippen molar-refractivity contribution >= 4 is 23.4 Å². The van der Waals surface area contributed by atoms with Crippen LogP contribution in [0.3, 0.4) is 0 Å². The third kappa shape index (κ3) is 4.53. The van der Waals surface area contributed by atoms with Crippen LogP contribution in [0.1, 0.15) is 39.0 Å². The summed E-state index contributed by atoms with van der Waals surface area (Å²) in [6.45, 7) is 1.53. The summed E-state index contributed by atoms with van der Waals surface area (Å²) in [6.07, 6.45) is 6.59. The van der Waals surface area contributed by atoms with Crippen LogP contribution in [0.25, 0.3) is 0 Å². The molecule has 2 atom stereocenters. The average Bonchev–Trinajstić information content (AvgIpc) is 2.65. The molecule has 2 N–H and O–H groups in total. The lowest BCUT2D eigenvalue weighted by Crippen LogP contribution is -2.34. The highest BCUT2D eigenvalue weighted by atomic mass is 32.2. The smallest absolute Gasteiger partial charge is 0.221 e. The molecular weight excluding hydrogens is 268 g/mol. The maximum atomic E-state index is 11.0. The van der Waals surface area contributed by atoms with Crippen molar-refractivity contribution in [2.45, 2.75) is 55.2 Å². The van der Waals surface area contributed by atoms with E-state index in [4.69, 9.17) is 0 Å². The molecule has 1 saturated carbocycles. The van der Waals surface area contributed by atoms with Crippen LogP contribution in [0, 0.1) is 0 Å². The number of anilines is 1. The summed E-state index contributed by atoms with van der Waals surface area (Å²) in [7, 11) is 2.07. The van der Waals surface area contributed by atoms with Crippen LogP contribution >= 0.6 is 11.8 Å². The van der Waals surface area contributed by atoms with Crippen LogP contribution < -0.4 is 10.6 Å². The molecule has 1 aliphatic carbocycles. The number of nitrogens with one attached hydrogen (secondary N) is 2. The first kappa shape index (κ1) is 15.4. The van der Waals surface area contributed by atoms with E-state index in [1.807, 2.05) is 23.9 Å². The standard InChI is InChI=1S/C16H24N2OS/c1-12(19)18-13-8-10-14(11-9-13)20-16-7-5-3-4-6-15(16)17-2/h8-11,15-17H,3-7H2,1-2H3,(H,18,19). The van der Waals surface area contributed by atoms with Crippen molar-refractivity contribution in [2.75, 3.05) is 12.4 Å². The number of hydrogen-bond acceptors (Lipinski definition) is 3. The SMILES string of the molecule is CNC1CCCCCC1Sc1ccc(NC(C)=O)cc1. The van der Waals surface area contributed by atoms with Crippen molar-refractivity contribution in [1.82, 2.24) is 5.32 Å². The molecule has 3 nitrogen and oxygen atoms in total. The molecule has 0 radical (unpaired) electrons. The van der Waals surface area contributed by atoms with E-state index in [1.165, 1.54) is 43.9 Å². The van der Waals surface area contributed by atoms with E-state index in [0.717, 1.165) is 5.69 Å². The topological polar surface area (TPSA) is 41.1 Å². The molecule has 4 heteroatoms. The third-order valence-corrected chi connectivity index (χ3v) is 5.20. The molecule has 0 heterocycles. The largest absolute Gasteiger partial charge is 0.326 e. The molecule has 1 amide bonds. The second-order valence-electron chi connectivity index (χ2n) is 5.40. The van der Waals surface area contributed by atoms with Gasteiger partial charge in [-0.1, -0.05) is 19.3 Å². The van der Waals surface area contributed by atoms with E-state index in [2.05, 4.69) is 29.8 Å². The fraction of sp³-hybridized carbons (Fsp3) is 0.562. The number of benzene rings is 1. The number of amides is 1. The van der Waals surface area contributed by atoms with Gasteiger partial charge in [-0.3, -0.25) is 4.79 Å². The second kappa shape index (κ2) is 7.70. The van der Waals surface area contributed by atoms with E-state index in [9.17, 15) is 4.79 Å². The Morgan fingerprint density at radius 1 is 1.15 bits per heavy atom. The van der Waals surface area contributed by atoms with Gasteiger partial charge in [0.25, 0.3) is 0 Å². The quantitative estimate of drug-likeness (QED) is 0.832. The zero-order chi connectivity index (χ0) is 14.4. The van der Waals surface area contributed by atoms with E-state index in [1.54, 1.807) is 0 Å². The van der Waals surface area contributed by atoms with Crippen molar-refractivity contribution in [3.8, 4) is 0 Å². The van der Waals surface area contributed by atoms with Crippen LogP contribution in [0.15, 0.2) is 29.2 Å². The van der Waals surface area contributed by atoms with E-state index >= 15 is 0 Å². The molecule has 0 aromatic heterocycles. The Bertz CT molecular complexity index is 433. The van der Waals surface area contributed by atoms with E-state index < -0.39 is 0 Å². The lowest BCUT2D eigenvalue weighted by atomic mass is 10.1. The lowest BCUT2D eigenvalue weighted by Gasteiger charge is -2.24. The molecule has 1 aromatic carbocycles. The number of hydrogen-bond donors (Lipinski definition) is 2. The maximum Gasteiger partial charge on any atom is 0.221 e. The maximum absolute atomic E-state index is 11.0. The first-order chi connectivity index (χ1) is 9.69. The van der Waals surface area contributed by atoms with E-state index in [0.29, 0.717) is 11.3 Å². The van der Waals surface area contributed by atoms with Crippen LogP contribution in [0.5, 0.6) is 0 Å². The summed E-state index contributed by atoms with van der Waals surface area (Å²) in [4.78, 5) is 12.3. The first-order valence-electron chi connectivity index (χ1n) is 7.40. The molecule has 1 fully saturated rings. The Morgan fingerprint density at radius 3 is 2.50 bits per heavy atom. The van der Waals surface area contributed by atoms with Crippen LogP contribution in [-0.4, -0.2) is 24.2 Å². The Balaban J connectivity index is 1.98. The molecule has 20 heavy (non-hydrogen) atoms. The van der Waals surface area contributed by atoms with Gasteiger partial charge in [-0.15, -0.1) is 11.8 Å². The van der Waals surface area contributed by atoms with Crippen LogP contribution in [0.4, 0.5) is 5.69 Å². The highest BCUT2D eigenvalue weighted by molar-refractivity contribution is 8.00. The number of rotatable bonds is 4. The molecule has 0 bridgehead atoms. The van der Waals surface area contributed by atoms with Crippen LogP contribution in [-0.2, 0) is 4.79 Å². The van der Waals surface area contributed by atoms with Gasteiger partial charge >= 0.3 is 0 Å². The summed E-state index contributed by atoms with van der Waals surface area (Å²) in [5.74, 6) is -0.0237. The van der Waals surface area contributed by atoms with Gasteiger partial charge in [-0.05, 0) is 44.2 Å². The molecule has 1 aliphatic rings. The van der Waals surface area contributed by atoms with Gasteiger partial charge in [0, 0.05) is 28.8 Å². The molecule has 0 aliphatic heterocycles. The first-order valence-corrected chi connectivity index (χ1v) is 8.28. The van der Waals surface area contributed by atoms with E-state index in [-0.39, 0.29) is 5.91 Å². The molecule has 0 spiro atoms. The predicted octanol–water partition coefficient (Wildman–Crippen LogP) is 3.66. The molecule has 0 saturated heterocycles. The molecule has 2 unspecified atom stereocenters. The second-order valence-corrected chi connectivity index (χ2v) is 6.71. The number of carbonyl (C=O) groups is 1. The van der Waals surface area contributed by atoms with Gasteiger partial charge in [0.1, 0.15) is 0 Å². The Kier molecular flexibility index (Phi) is 5.92. The van der Waals surface area contributed by atoms with Crippen LogP contribution in [0.2, 0.25) is 0 Å². The Morgan fingerprint density at radius 2 is 1.85 bits per heavy atom. The highest BCUT2D eigenvalue weighted by Crippen LogP contribution is 2.33. The summed E-state index contributed by atoms with van der Waals surface area (Å²) < 4.78 is 0.